The van der Waals surface area contributed by atoms with Crippen molar-refractivity contribution < 1.29 is 14.3 Å². The minimum absolute atomic E-state index is 0.0505. The second kappa shape index (κ2) is 7.21. The van der Waals surface area contributed by atoms with E-state index in [-0.39, 0.29) is 6.04 Å². The van der Waals surface area contributed by atoms with Gasteiger partial charge in [0.05, 0.1) is 18.4 Å². The summed E-state index contributed by atoms with van der Waals surface area (Å²) in [6.07, 6.45) is 3.18. The van der Waals surface area contributed by atoms with Gasteiger partial charge in [0.1, 0.15) is 47.8 Å². The molecule has 2 aliphatic rings. The number of pyridine rings is 2. The van der Waals surface area contributed by atoms with Gasteiger partial charge in [-0.15, -0.1) is 0 Å². The van der Waals surface area contributed by atoms with Gasteiger partial charge in [0, 0.05) is 11.1 Å². The van der Waals surface area contributed by atoms with Gasteiger partial charge in [-0.1, -0.05) is 28.4 Å². The Balaban J connectivity index is 0.000000143. The first kappa shape index (κ1) is 16.8. The van der Waals surface area contributed by atoms with Gasteiger partial charge in [0.25, 0.3) is 0 Å². The normalized spacial score (nSPS) is 18.8. The third-order valence-corrected chi connectivity index (χ3v) is 3.81. The Morgan fingerprint density at radius 1 is 1.17 bits per heavy atom. The summed E-state index contributed by atoms with van der Waals surface area (Å²) in [5, 5.41) is 4.70. The van der Waals surface area contributed by atoms with Crippen LogP contribution in [-0.2, 0) is 4.84 Å². The fourth-order valence-corrected chi connectivity index (χ4v) is 2.60. The molecular formula is C15H14Cl2N4O3. The monoisotopic (exact) mass is 368 g/mol. The predicted molar refractivity (Wildman–Crippen MR) is 90.0 cm³/mol. The van der Waals surface area contributed by atoms with E-state index in [1.807, 2.05) is 0 Å². The van der Waals surface area contributed by atoms with E-state index in [2.05, 4.69) is 20.0 Å². The van der Waals surface area contributed by atoms with Crippen LogP contribution >= 0.6 is 23.2 Å². The molecule has 0 aromatic carbocycles. The summed E-state index contributed by atoms with van der Waals surface area (Å²) in [5.74, 6) is 1.45. The lowest BCUT2D eigenvalue weighted by molar-refractivity contribution is 0.211. The lowest BCUT2D eigenvalue weighted by Crippen LogP contribution is -2.10. The molecule has 0 radical (unpaired) electrons. The lowest BCUT2D eigenvalue weighted by atomic mass is 10.1. The topological polar surface area (TPSA) is 91.9 Å². The van der Waals surface area contributed by atoms with Crippen molar-refractivity contribution in [3.8, 4) is 11.5 Å². The van der Waals surface area contributed by atoms with Gasteiger partial charge in [0.2, 0.25) is 0 Å². The van der Waals surface area contributed by atoms with Crippen LogP contribution in [-0.4, -0.2) is 36.0 Å². The van der Waals surface area contributed by atoms with E-state index < -0.39 is 0 Å². The number of nitrogens with zero attached hydrogens (tertiary/aromatic N) is 3. The van der Waals surface area contributed by atoms with Gasteiger partial charge < -0.3 is 20.0 Å². The zero-order valence-corrected chi connectivity index (χ0v) is 14.2. The molecule has 2 aromatic rings. The summed E-state index contributed by atoms with van der Waals surface area (Å²) in [5.41, 5.74) is 8.24. The Morgan fingerprint density at radius 2 is 1.88 bits per heavy atom. The molecule has 126 valence electrons. The van der Waals surface area contributed by atoms with E-state index in [0.29, 0.717) is 29.3 Å². The van der Waals surface area contributed by atoms with E-state index >= 15 is 0 Å². The molecule has 0 bridgehead atoms. The number of oxime groups is 1. The number of hydrogen-bond acceptors (Lipinski definition) is 7. The van der Waals surface area contributed by atoms with Crippen LogP contribution in [0.2, 0.25) is 10.3 Å². The minimum atomic E-state index is -0.0505. The average Bonchev–Trinajstić information content (AvgIpc) is 3.13. The number of nitrogens with two attached hydrogens (primary N) is 1. The zero-order chi connectivity index (χ0) is 17.1. The van der Waals surface area contributed by atoms with Crippen molar-refractivity contribution in [1.82, 2.24) is 9.97 Å². The molecule has 24 heavy (non-hydrogen) atoms. The Bertz CT molecular complexity index is 785. The van der Waals surface area contributed by atoms with Gasteiger partial charge in [-0.2, -0.15) is 0 Å². The van der Waals surface area contributed by atoms with Gasteiger partial charge in [-0.05, 0) is 12.1 Å². The SMILES string of the molecule is CON=C1COc2cnc(Cl)cc21.NC1COc2cnc(Cl)cc21. The van der Waals surface area contributed by atoms with E-state index in [9.17, 15) is 0 Å². The smallest absolute Gasteiger partial charge is 0.147 e. The van der Waals surface area contributed by atoms with E-state index in [0.717, 1.165) is 22.6 Å². The summed E-state index contributed by atoms with van der Waals surface area (Å²) < 4.78 is 10.5. The molecule has 4 heterocycles. The fraction of sp³-hybridized carbons (Fsp3) is 0.267. The van der Waals surface area contributed by atoms with Crippen LogP contribution in [0.5, 0.6) is 11.5 Å². The summed E-state index contributed by atoms with van der Waals surface area (Å²) in [6, 6.07) is 3.40. The Hall–Kier alpha value is -2.09. The van der Waals surface area contributed by atoms with Crippen molar-refractivity contribution in [2.75, 3.05) is 20.3 Å². The van der Waals surface area contributed by atoms with E-state index in [1.165, 1.54) is 7.11 Å². The molecule has 0 spiro atoms. The number of halogens is 2. The fourth-order valence-electron chi connectivity index (χ4n) is 2.28. The highest BCUT2D eigenvalue weighted by atomic mass is 35.5. The predicted octanol–water partition coefficient (Wildman–Crippen LogP) is 2.61. The van der Waals surface area contributed by atoms with Crippen molar-refractivity contribution in [1.29, 1.82) is 0 Å². The molecule has 2 aromatic heterocycles. The van der Waals surface area contributed by atoms with Crippen LogP contribution in [0.15, 0.2) is 29.7 Å². The maximum atomic E-state index is 5.73. The number of ether oxygens (including phenoxy) is 2. The first-order valence-electron chi connectivity index (χ1n) is 7.01. The number of hydrogen-bond donors (Lipinski definition) is 1. The van der Waals surface area contributed by atoms with Gasteiger partial charge >= 0.3 is 0 Å². The molecule has 0 aliphatic carbocycles. The summed E-state index contributed by atoms with van der Waals surface area (Å²) in [6.45, 7) is 0.933. The molecule has 0 saturated heterocycles. The van der Waals surface area contributed by atoms with Crippen molar-refractivity contribution in [2.45, 2.75) is 6.04 Å². The van der Waals surface area contributed by atoms with E-state index in [1.54, 1.807) is 24.5 Å². The molecule has 4 rings (SSSR count). The van der Waals surface area contributed by atoms with Crippen LogP contribution in [0.25, 0.3) is 0 Å². The highest BCUT2D eigenvalue weighted by Gasteiger charge is 2.21. The summed E-state index contributed by atoms with van der Waals surface area (Å²) >= 11 is 11.4. The molecule has 0 amide bonds. The van der Waals surface area contributed by atoms with Gasteiger partial charge in [0.15, 0.2) is 0 Å². The Labute approximate surface area is 148 Å². The molecule has 2 N–H and O–H groups in total. The van der Waals surface area contributed by atoms with E-state index in [4.69, 9.17) is 38.4 Å². The molecule has 7 nitrogen and oxygen atoms in total. The molecule has 1 atom stereocenters. The van der Waals surface area contributed by atoms with Crippen LogP contribution in [0.4, 0.5) is 0 Å². The van der Waals surface area contributed by atoms with Gasteiger partial charge in [-0.25, -0.2) is 9.97 Å². The highest BCUT2D eigenvalue weighted by molar-refractivity contribution is 6.30. The third kappa shape index (κ3) is 3.53. The van der Waals surface area contributed by atoms with Crippen LogP contribution in [0.1, 0.15) is 17.2 Å². The van der Waals surface area contributed by atoms with Crippen molar-refractivity contribution in [3.05, 3.63) is 46.0 Å². The van der Waals surface area contributed by atoms with Gasteiger partial charge in [-0.3, -0.25) is 0 Å². The first-order chi connectivity index (χ1) is 11.6. The molecule has 1 unspecified atom stereocenters. The average molecular weight is 369 g/mol. The quantitative estimate of drug-likeness (QED) is 0.614. The number of aromatic nitrogens is 2. The third-order valence-electron chi connectivity index (χ3n) is 3.39. The van der Waals surface area contributed by atoms with Crippen LogP contribution in [0, 0.1) is 0 Å². The Morgan fingerprint density at radius 3 is 2.62 bits per heavy atom. The second-order valence-corrected chi connectivity index (χ2v) is 5.75. The number of fused-ring (bicyclic) bond motifs is 2. The van der Waals surface area contributed by atoms with Crippen LogP contribution < -0.4 is 15.2 Å². The summed E-state index contributed by atoms with van der Waals surface area (Å²) in [7, 11) is 1.49. The highest BCUT2D eigenvalue weighted by Crippen LogP contribution is 2.31. The first-order valence-corrected chi connectivity index (χ1v) is 7.76. The second-order valence-electron chi connectivity index (χ2n) is 4.97. The maximum absolute atomic E-state index is 5.73. The standard InChI is InChI=1S/C8H7ClN2O2.C7H7ClN2O/c1-12-11-6-4-13-7-3-10-8(9)2-5(6)7;8-7-1-4-5(9)3-11-6(4)2-10-7/h2-3H,4H2,1H3;1-2,5H,3,9H2. The summed E-state index contributed by atoms with van der Waals surface area (Å²) in [4.78, 5) is 12.4. The largest absolute Gasteiger partial charge is 0.490 e. The molecule has 0 saturated carbocycles. The zero-order valence-electron chi connectivity index (χ0n) is 12.7. The number of rotatable bonds is 1. The lowest BCUT2D eigenvalue weighted by Gasteiger charge is -1.98. The van der Waals surface area contributed by atoms with Crippen molar-refractivity contribution in [3.63, 3.8) is 0 Å². The molecule has 9 heteroatoms. The molecule has 2 aliphatic heterocycles. The van der Waals surface area contributed by atoms with Crippen molar-refractivity contribution >= 4 is 28.9 Å². The molecular weight excluding hydrogens is 355 g/mol. The van der Waals surface area contributed by atoms with Crippen molar-refractivity contribution in [2.24, 2.45) is 10.9 Å². The Kier molecular flexibility index (Phi) is 5.03. The minimum Gasteiger partial charge on any atom is -0.490 e. The maximum Gasteiger partial charge on any atom is 0.147 e. The van der Waals surface area contributed by atoms with Crippen LogP contribution in [0.3, 0.4) is 0 Å². The molecule has 0 fully saturated rings.